The average molecular weight is 701 g/mol. The lowest BCUT2D eigenvalue weighted by Crippen LogP contribution is -2.16. The van der Waals surface area contributed by atoms with E-state index < -0.39 is 0 Å². The maximum absolute atomic E-state index is 12.1. The molecule has 0 bridgehead atoms. The van der Waals surface area contributed by atoms with Crippen LogP contribution in [0.15, 0.2) is 24.6 Å². The summed E-state index contributed by atoms with van der Waals surface area (Å²) in [6.07, 6.45) is 56.5. The normalized spacial score (nSPS) is 11.6. The zero-order valence-corrected chi connectivity index (χ0v) is 34.0. The Morgan fingerprint density at radius 3 is 0.800 bits per heavy atom. The molecule has 0 radical (unpaired) electrons. The minimum Gasteiger partial charge on any atom is -0.333 e. The van der Waals surface area contributed by atoms with E-state index in [2.05, 4.69) is 36.6 Å². The number of rotatable bonds is 41. The summed E-state index contributed by atoms with van der Waals surface area (Å²) in [6, 6.07) is 0. The Labute approximate surface area is 313 Å². The molecule has 2 N–H and O–H groups in total. The zero-order valence-electron chi connectivity index (χ0n) is 34.0. The Kier molecular flexibility index (Phi) is 42.2. The molecule has 0 fully saturated rings. The van der Waals surface area contributed by atoms with Crippen LogP contribution >= 0.6 is 0 Å². The fraction of sp³-hybridized carbons (Fsp3) is 0.870. The quantitative estimate of drug-likeness (QED) is 0.0624. The van der Waals surface area contributed by atoms with Crippen molar-refractivity contribution in [1.29, 1.82) is 0 Å². The van der Waals surface area contributed by atoms with Crippen LogP contribution in [0.25, 0.3) is 0 Å². The molecule has 0 aromatic heterocycles. The molecule has 0 aromatic rings. The van der Waals surface area contributed by atoms with E-state index in [4.69, 9.17) is 0 Å². The van der Waals surface area contributed by atoms with Crippen LogP contribution in [0.4, 0.5) is 0 Å². The molecule has 0 aliphatic heterocycles. The smallest absolute Gasteiger partial charge is 0.223 e. The second-order valence-corrected chi connectivity index (χ2v) is 15.3. The fourth-order valence-electron chi connectivity index (χ4n) is 6.81. The number of nitrogens with one attached hydrogen (secondary N) is 2. The van der Waals surface area contributed by atoms with Gasteiger partial charge in [0.15, 0.2) is 0 Å². The van der Waals surface area contributed by atoms with Gasteiger partial charge in [0.05, 0.1) is 0 Å². The molecule has 0 heterocycles. The van der Waals surface area contributed by atoms with Crippen molar-refractivity contribution < 1.29 is 9.59 Å². The van der Waals surface area contributed by atoms with Crippen molar-refractivity contribution in [3.05, 3.63) is 24.6 Å². The van der Waals surface area contributed by atoms with Crippen molar-refractivity contribution in [3.63, 3.8) is 0 Å². The summed E-state index contributed by atoms with van der Waals surface area (Å²) in [5.41, 5.74) is 0. The van der Waals surface area contributed by atoms with Crippen LogP contribution in [0.3, 0.4) is 0 Å². The molecule has 0 aromatic carbocycles. The van der Waals surface area contributed by atoms with E-state index in [1.54, 1.807) is 0 Å². The molecule has 0 aliphatic rings. The molecular weight excluding hydrogens is 613 g/mol. The molecule has 4 heteroatoms. The molecule has 0 rings (SSSR count). The first-order chi connectivity index (χ1) is 24.7. The minimum absolute atomic E-state index is 0.135. The predicted molar refractivity (Wildman–Crippen MR) is 221 cm³/mol. The van der Waals surface area contributed by atoms with Crippen molar-refractivity contribution in [2.24, 2.45) is 0 Å². The number of carbonyl (C=O) groups excluding carboxylic acids is 2. The van der Waals surface area contributed by atoms with Gasteiger partial charge < -0.3 is 10.6 Å². The number of amides is 2. The van der Waals surface area contributed by atoms with E-state index in [1.807, 2.05) is 12.4 Å². The molecule has 0 aliphatic carbocycles. The summed E-state index contributed by atoms with van der Waals surface area (Å²) < 4.78 is 0. The summed E-state index contributed by atoms with van der Waals surface area (Å²) in [4.78, 5) is 24.1. The minimum atomic E-state index is 0.135. The van der Waals surface area contributed by atoms with Crippen LogP contribution in [-0.2, 0) is 9.59 Å². The van der Waals surface area contributed by atoms with Gasteiger partial charge in [0, 0.05) is 12.8 Å². The van der Waals surface area contributed by atoms with Gasteiger partial charge in [-0.1, -0.05) is 219 Å². The van der Waals surface area contributed by atoms with Crippen molar-refractivity contribution >= 4 is 11.8 Å². The van der Waals surface area contributed by atoms with Gasteiger partial charge in [-0.3, -0.25) is 9.59 Å². The van der Waals surface area contributed by atoms with Crippen LogP contribution in [0.2, 0.25) is 0 Å². The largest absolute Gasteiger partial charge is 0.333 e. The summed E-state index contributed by atoms with van der Waals surface area (Å²) >= 11 is 0. The lowest BCUT2D eigenvalue weighted by molar-refractivity contribution is -0.121. The first-order valence-electron chi connectivity index (χ1n) is 22.6. The SMILES string of the molecule is CCCCCCCCCCCCCCCCC=CNC(=O)CCCCCCCCC(=O)NC=CCCCCCCCCCCCCCCCC. The molecule has 2 amide bonds. The highest BCUT2D eigenvalue weighted by Crippen LogP contribution is 2.15. The van der Waals surface area contributed by atoms with E-state index in [9.17, 15) is 9.59 Å². The Morgan fingerprint density at radius 1 is 0.320 bits per heavy atom. The fourth-order valence-corrected chi connectivity index (χ4v) is 6.81. The van der Waals surface area contributed by atoms with Crippen LogP contribution in [-0.4, -0.2) is 11.8 Å². The summed E-state index contributed by atoms with van der Waals surface area (Å²) in [7, 11) is 0. The van der Waals surface area contributed by atoms with Crippen LogP contribution in [0, 0.1) is 0 Å². The van der Waals surface area contributed by atoms with Crippen LogP contribution in [0.1, 0.15) is 258 Å². The predicted octanol–water partition coefficient (Wildman–Crippen LogP) is 15.1. The van der Waals surface area contributed by atoms with E-state index in [1.165, 1.54) is 180 Å². The highest BCUT2D eigenvalue weighted by Gasteiger charge is 2.01. The number of hydrogen-bond donors (Lipinski definition) is 2. The average Bonchev–Trinajstić information content (AvgIpc) is 3.12. The van der Waals surface area contributed by atoms with Gasteiger partial charge in [-0.25, -0.2) is 0 Å². The van der Waals surface area contributed by atoms with Gasteiger partial charge in [-0.15, -0.1) is 0 Å². The molecule has 0 unspecified atom stereocenters. The highest BCUT2D eigenvalue weighted by molar-refractivity contribution is 5.77. The lowest BCUT2D eigenvalue weighted by atomic mass is 10.0. The Balaban J connectivity index is 3.33. The maximum Gasteiger partial charge on any atom is 0.223 e. The Hall–Kier alpha value is -1.58. The van der Waals surface area contributed by atoms with Crippen molar-refractivity contribution in [2.45, 2.75) is 258 Å². The van der Waals surface area contributed by atoms with Crippen molar-refractivity contribution in [1.82, 2.24) is 10.6 Å². The molecular formula is C46H88N2O2. The topological polar surface area (TPSA) is 58.2 Å². The van der Waals surface area contributed by atoms with E-state index in [0.717, 1.165) is 51.4 Å². The third-order valence-corrected chi connectivity index (χ3v) is 10.2. The lowest BCUT2D eigenvalue weighted by Gasteiger charge is -2.03. The molecule has 50 heavy (non-hydrogen) atoms. The van der Waals surface area contributed by atoms with E-state index >= 15 is 0 Å². The van der Waals surface area contributed by atoms with Crippen LogP contribution < -0.4 is 10.6 Å². The number of unbranched alkanes of at least 4 members (excludes halogenated alkanes) is 33. The third-order valence-electron chi connectivity index (χ3n) is 10.2. The molecule has 4 nitrogen and oxygen atoms in total. The second kappa shape index (κ2) is 43.6. The van der Waals surface area contributed by atoms with E-state index in [-0.39, 0.29) is 11.8 Å². The van der Waals surface area contributed by atoms with Crippen LogP contribution in [0.5, 0.6) is 0 Å². The molecule has 0 spiro atoms. The number of allylic oxidation sites excluding steroid dienone is 2. The number of hydrogen-bond acceptors (Lipinski definition) is 2. The summed E-state index contributed by atoms with van der Waals surface area (Å²) in [5, 5.41) is 5.87. The van der Waals surface area contributed by atoms with Gasteiger partial charge in [0.2, 0.25) is 11.8 Å². The maximum atomic E-state index is 12.1. The molecule has 0 saturated carbocycles. The van der Waals surface area contributed by atoms with Gasteiger partial charge in [0.25, 0.3) is 0 Å². The van der Waals surface area contributed by atoms with Gasteiger partial charge in [-0.05, 0) is 50.9 Å². The highest BCUT2D eigenvalue weighted by atomic mass is 16.2. The molecule has 0 saturated heterocycles. The molecule has 0 atom stereocenters. The van der Waals surface area contributed by atoms with Gasteiger partial charge >= 0.3 is 0 Å². The monoisotopic (exact) mass is 701 g/mol. The first kappa shape index (κ1) is 48.4. The standard InChI is InChI=1S/C46H88N2O2/c1-3-5-7-9-11-13-15-17-19-21-23-25-27-31-35-39-43-47-45(49)41-37-33-29-30-34-38-42-46(50)48-44-40-36-32-28-26-24-22-20-18-16-14-12-10-8-6-4-2/h39-40,43-44H,3-38,41-42H2,1-2H3,(H,47,49)(H,48,50). The zero-order chi connectivity index (χ0) is 36.3. The molecule has 294 valence electrons. The van der Waals surface area contributed by atoms with Gasteiger partial charge in [-0.2, -0.15) is 0 Å². The Morgan fingerprint density at radius 2 is 0.540 bits per heavy atom. The Bertz CT molecular complexity index is 684. The number of carbonyl (C=O) groups is 2. The van der Waals surface area contributed by atoms with Crippen molar-refractivity contribution in [3.8, 4) is 0 Å². The third kappa shape index (κ3) is 42.6. The summed E-state index contributed by atoms with van der Waals surface area (Å²) in [6.45, 7) is 4.57. The van der Waals surface area contributed by atoms with Crippen molar-refractivity contribution in [2.75, 3.05) is 0 Å². The van der Waals surface area contributed by atoms with E-state index in [0.29, 0.717) is 12.8 Å². The summed E-state index contributed by atoms with van der Waals surface area (Å²) in [5.74, 6) is 0.271. The second-order valence-electron chi connectivity index (χ2n) is 15.3. The van der Waals surface area contributed by atoms with Gasteiger partial charge in [0.1, 0.15) is 0 Å². The first-order valence-corrected chi connectivity index (χ1v) is 22.6.